The monoisotopic (exact) mass is 599 g/mol. The summed E-state index contributed by atoms with van der Waals surface area (Å²) >= 11 is 0. The lowest BCUT2D eigenvalue weighted by Gasteiger charge is -2.34. The van der Waals surface area contributed by atoms with Gasteiger partial charge < -0.3 is 19.7 Å². The highest BCUT2D eigenvalue weighted by atomic mass is 32.2. The number of nitrogens with zero attached hydrogens (tertiary/aromatic N) is 2. The molecule has 0 bridgehead atoms. The number of carbonyl (C=O) groups excluding carboxylic acids is 2. The Morgan fingerprint density at radius 3 is 2.14 bits per heavy atom. The first-order valence-corrected chi connectivity index (χ1v) is 15.4. The van der Waals surface area contributed by atoms with Crippen molar-refractivity contribution in [3.05, 3.63) is 89.7 Å². The van der Waals surface area contributed by atoms with E-state index in [1.165, 1.54) is 55.5 Å². The minimum atomic E-state index is -3.96. The Bertz CT molecular complexity index is 1450. The Hall–Kier alpha value is -4.12. The SMILES string of the molecule is CC[C@H](C)NC(=O)[C@@H](Cc1ccccc1)N(Cc1ccc(F)cc1)C(=O)CN(c1ccc(OC)c(OC)c1)S(C)(=O)=O. The molecule has 9 nitrogen and oxygen atoms in total. The number of hydrogen-bond donors (Lipinski definition) is 1. The maximum Gasteiger partial charge on any atom is 0.244 e. The van der Waals surface area contributed by atoms with Gasteiger partial charge in [-0.3, -0.25) is 13.9 Å². The summed E-state index contributed by atoms with van der Waals surface area (Å²) in [5.74, 6) is -0.748. The number of carbonyl (C=O) groups is 2. The molecule has 0 aliphatic carbocycles. The highest BCUT2D eigenvalue weighted by molar-refractivity contribution is 7.92. The molecular weight excluding hydrogens is 561 g/mol. The lowest BCUT2D eigenvalue weighted by molar-refractivity contribution is -0.140. The molecule has 11 heteroatoms. The lowest BCUT2D eigenvalue weighted by Crippen LogP contribution is -2.54. The van der Waals surface area contributed by atoms with E-state index >= 15 is 0 Å². The minimum Gasteiger partial charge on any atom is -0.493 e. The van der Waals surface area contributed by atoms with Crippen LogP contribution in [-0.2, 0) is 32.6 Å². The van der Waals surface area contributed by atoms with Crippen molar-refractivity contribution >= 4 is 27.5 Å². The molecule has 0 saturated heterocycles. The van der Waals surface area contributed by atoms with Crippen molar-refractivity contribution in [2.45, 2.75) is 45.3 Å². The first-order chi connectivity index (χ1) is 20.0. The Balaban J connectivity index is 2.07. The van der Waals surface area contributed by atoms with Crippen LogP contribution in [0.5, 0.6) is 11.5 Å². The van der Waals surface area contributed by atoms with Gasteiger partial charge in [-0.2, -0.15) is 0 Å². The van der Waals surface area contributed by atoms with Crippen LogP contribution in [0, 0.1) is 5.82 Å². The molecule has 2 amide bonds. The van der Waals surface area contributed by atoms with E-state index in [0.29, 0.717) is 17.7 Å². The van der Waals surface area contributed by atoms with Crippen molar-refractivity contribution in [2.24, 2.45) is 0 Å². The zero-order valence-electron chi connectivity index (χ0n) is 24.5. The van der Waals surface area contributed by atoms with Crippen molar-refractivity contribution in [1.82, 2.24) is 10.2 Å². The summed E-state index contributed by atoms with van der Waals surface area (Å²) in [6, 6.07) is 18.3. The van der Waals surface area contributed by atoms with E-state index in [0.717, 1.165) is 16.1 Å². The van der Waals surface area contributed by atoms with Crippen LogP contribution in [0.25, 0.3) is 0 Å². The Morgan fingerprint density at radius 1 is 0.929 bits per heavy atom. The summed E-state index contributed by atoms with van der Waals surface area (Å²) in [4.78, 5) is 29.2. The van der Waals surface area contributed by atoms with Gasteiger partial charge in [0.05, 0.1) is 26.2 Å². The number of benzene rings is 3. The lowest BCUT2D eigenvalue weighted by atomic mass is 10.0. The molecule has 0 aliphatic heterocycles. The first kappa shape index (κ1) is 32.4. The van der Waals surface area contributed by atoms with E-state index in [1.54, 1.807) is 6.07 Å². The van der Waals surface area contributed by atoms with Crippen LogP contribution in [0.15, 0.2) is 72.8 Å². The molecule has 0 heterocycles. The Labute approximate surface area is 247 Å². The smallest absolute Gasteiger partial charge is 0.244 e. The third kappa shape index (κ3) is 8.69. The molecule has 0 aliphatic rings. The second kappa shape index (κ2) is 14.7. The predicted molar refractivity (Wildman–Crippen MR) is 161 cm³/mol. The predicted octanol–water partition coefficient (Wildman–Crippen LogP) is 4.16. The number of ether oxygens (including phenoxy) is 2. The number of hydrogen-bond acceptors (Lipinski definition) is 6. The first-order valence-electron chi connectivity index (χ1n) is 13.5. The quantitative estimate of drug-likeness (QED) is 0.298. The molecule has 2 atom stereocenters. The normalized spacial score (nSPS) is 12.6. The Morgan fingerprint density at radius 2 is 1.57 bits per heavy atom. The fourth-order valence-electron chi connectivity index (χ4n) is 4.38. The fraction of sp³-hybridized carbons (Fsp3) is 0.355. The summed E-state index contributed by atoms with van der Waals surface area (Å²) < 4.78 is 51.2. The average Bonchev–Trinajstić information content (AvgIpc) is 2.97. The summed E-state index contributed by atoms with van der Waals surface area (Å²) in [6.45, 7) is 3.17. The highest BCUT2D eigenvalue weighted by Crippen LogP contribution is 2.32. The maximum atomic E-state index is 14.1. The van der Waals surface area contributed by atoms with Gasteiger partial charge in [-0.25, -0.2) is 12.8 Å². The van der Waals surface area contributed by atoms with Gasteiger partial charge in [-0.15, -0.1) is 0 Å². The van der Waals surface area contributed by atoms with Gasteiger partial charge >= 0.3 is 0 Å². The third-order valence-corrected chi connectivity index (χ3v) is 8.01. The molecule has 3 aromatic carbocycles. The molecule has 1 N–H and O–H groups in total. The van der Waals surface area contributed by atoms with Gasteiger partial charge in [0.15, 0.2) is 11.5 Å². The summed E-state index contributed by atoms with van der Waals surface area (Å²) in [5.41, 5.74) is 1.59. The van der Waals surface area contributed by atoms with Crippen LogP contribution in [0.4, 0.5) is 10.1 Å². The van der Waals surface area contributed by atoms with E-state index in [-0.39, 0.29) is 36.4 Å². The van der Waals surface area contributed by atoms with E-state index in [9.17, 15) is 22.4 Å². The van der Waals surface area contributed by atoms with Crippen LogP contribution < -0.4 is 19.1 Å². The zero-order chi connectivity index (χ0) is 30.9. The topological polar surface area (TPSA) is 105 Å². The van der Waals surface area contributed by atoms with Crippen LogP contribution in [0.2, 0.25) is 0 Å². The summed E-state index contributed by atoms with van der Waals surface area (Å²) in [6.07, 6.45) is 1.86. The molecule has 0 spiro atoms. The van der Waals surface area contributed by atoms with E-state index in [4.69, 9.17) is 9.47 Å². The van der Waals surface area contributed by atoms with Crippen LogP contribution in [-0.4, -0.2) is 64.2 Å². The second-order valence-electron chi connectivity index (χ2n) is 9.98. The number of nitrogens with one attached hydrogen (secondary N) is 1. The average molecular weight is 600 g/mol. The van der Waals surface area contributed by atoms with Gasteiger partial charge in [0.25, 0.3) is 0 Å². The van der Waals surface area contributed by atoms with Crippen LogP contribution in [0.1, 0.15) is 31.4 Å². The zero-order valence-corrected chi connectivity index (χ0v) is 25.4. The van der Waals surface area contributed by atoms with Gasteiger partial charge in [-0.1, -0.05) is 49.4 Å². The highest BCUT2D eigenvalue weighted by Gasteiger charge is 2.33. The fourth-order valence-corrected chi connectivity index (χ4v) is 5.22. The van der Waals surface area contributed by atoms with Crippen molar-refractivity contribution in [2.75, 3.05) is 31.3 Å². The van der Waals surface area contributed by atoms with Gasteiger partial charge in [-0.05, 0) is 48.7 Å². The Kier molecular flexibility index (Phi) is 11.3. The molecule has 3 rings (SSSR count). The van der Waals surface area contributed by atoms with Crippen molar-refractivity contribution in [3.8, 4) is 11.5 Å². The van der Waals surface area contributed by atoms with Crippen molar-refractivity contribution in [3.63, 3.8) is 0 Å². The summed E-state index contributed by atoms with van der Waals surface area (Å²) in [5, 5.41) is 2.97. The number of amides is 2. The van der Waals surface area contributed by atoms with E-state index in [1.807, 2.05) is 44.2 Å². The van der Waals surface area contributed by atoms with Crippen LogP contribution >= 0.6 is 0 Å². The van der Waals surface area contributed by atoms with Crippen molar-refractivity contribution in [1.29, 1.82) is 0 Å². The summed E-state index contributed by atoms with van der Waals surface area (Å²) in [7, 11) is -1.08. The van der Waals surface area contributed by atoms with E-state index < -0.39 is 34.3 Å². The van der Waals surface area contributed by atoms with Gasteiger partial charge in [0.2, 0.25) is 21.8 Å². The number of methoxy groups -OCH3 is 2. The number of sulfonamides is 1. The van der Waals surface area contributed by atoms with Crippen LogP contribution in [0.3, 0.4) is 0 Å². The minimum absolute atomic E-state index is 0.0475. The number of halogens is 1. The third-order valence-electron chi connectivity index (χ3n) is 6.87. The number of rotatable bonds is 14. The maximum absolute atomic E-state index is 14.1. The molecular formula is C31H38FN3O6S. The molecule has 0 fully saturated rings. The molecule has 0 saturated carbocycles. The van der Waals surface area contributed by atoms with Gasteiger partial charge in [0, 0.05) is 25.1 Å². The van der Waals surface area contributed by atoms with Gasteiger partial charge in [0.1, 0.15) is 18.4 Å². The molecule has 0 radical (unpaired) electrons. The molecule has 42 heavy (non-hydrogen) atoms. The number of anilines is 1. The largest absolute Gasteiger partial charge is 0.493 e. The molecule has 0 aromatic heterocycles. The van der Waals surface area contributed by atoms with E-state index in [2.05, 4.69) is 5.32 Å². The molecule has 0 unspecified atom stereocenters. The molecule has 3 aromatic rings. The molecule has 226 valence electrons. The van der Waals surface area contributed by atoms with Crippen molar-refractivity contribution < 1.29 is 31.9 Å². The second-order valence-corrected chi connectivity index (χ2v) is 11.9. The standard InChI is InChI=1S/C31H38FN3O6S/c1-6-22(2)33-31(37)27(18-23-10-8-7-9-11-23)34(20-24-12-14-25(32)15-13-24)30(36)21-35(42(5,38)39)26-16-17-28(40-3)29(19-26)41-4/h7-17,19,22,27H,6,18,20-21H2,1-5H3,(H,33,37)/t22-,27+/m0/s1.